The predicted octanol–water partition coefficient (Wildman–Crippen LogP) is 4.11. The average molecular weight is 298 g/mol. The van der Waals surface area contributed by atoms with Crippen molar-refractivity contribution in [1.82, 2.24) is 4.98 Å². The Bertz CT molecular complexity index is 442. The van der Waals surface area contributed by atoms with E-state index in [1.807, 2.05) is 24.3 Å². The smallest absolute Gasteiger partial charge is 0.131 e. The highest BCUT2D eigenvalue weighted by atomic mass is 79.9. The minimum atomic E-state index is 0.499. The summed E-state index contributed by atoms with van der Waals surface area (Å²) in [7, 11) is 0. The maximum Gasteiger partial charge on any atom is 0.131 e. The van der Waals surface area contributed by atoms with E-state index in [0.29, 0.717) is 5.15 Å². The molecule has 16 heavy (non-hydrogen) atoms. The lowest BCUT2D eigenvalue weighted by molar-refractivity contribution is 1.11. The van der Waals surface area contributed by atoms with Crippen LogP contribution in [0.25, 0.3) is 0 Å². The summed E-state index contributed by atoms with van der Waals surface area (Å²) < 4.78 is 1.07. The molecule has 0 spiro atoms. The number of benzene rings is 1. The number of pyridine rings is 1. The Morgan fingerprint density at radius 2 is 2.00 bits per heavy atom. The van der Waals surface area contributed by atoms with Crippen molar-refractivity contribution in [2.75, 3.05) is 5.32 Å². The molecule has 1 aromatic heterocycles. The summed E-state index contributed by atoms with van der Waals surface area (Å²) in [6, 6.07) is 13.7. The summed E-state index contributed by atoms with van der Waals surface area (Å²) in [5.74, 6) is 0.785. The largest absolute Gasteiger partial charge is 0.366 e. The first kappa shape index (κ1) is 11.4. The van der Waals surface area contributed by atoms with Gasteiger partial charge in [-0.15, -0.1) is 0 Å². The molecule has 1 N–H and O–H groups in total. The summed E-state index contributed by atoms with van der Waals surface area (Å²) in [4.78, 5) is 4.15. The third kappa shape index (κ3) is 3.22. The Labute approximate surface area is 108 Å². The SMILES string of the molecule is Clc1cccc(NCc2cccc(Br)c2)n1. The van der Waals surface area contributed by atoms with Crippen LogP contribution in [0.1, 0.15) is 5.56 Å². The number of hydrogen-bond acceptors (Lipinski definition) is 2. The lowest BCUT2D eigenvalue weighted by Gasteiger charge is -2.06. The monoisotopic (exact) mass is 296 g/mol. The van der Waals surface area contributed by atoms with Crippen molar-refractivity contribution in [3.63, 3.8) is 0 Å². The van der Waals surface area contributed by atoms with Gasteiger partial charge in [0.1, 0.15) is 11.0 Å². The first-order valence-electron chi connectivity index (χ1n) is 4.85. The van der Waals surface area contributed by atoms with E-state index >= 15 is 0 Å². The van der Waals surface area contributed by atoms with Crippen LogP contribution in [0.15, 0.2) is 46.9 Å². The quantitative estimate of drug-likeness (QED) is 0.862. The van der Waals surface area contributed by atoms with Gasteiger partial charge in [0.05, 0.1) is 0 Å². The number of nitrogens with zero attached hydrogens (tertiary/aromatic N) is 1. The third-order valence-electron chi connectivity index (χ3n) is 2.08. The molecule has 0 fully saturated rings. The first-order chi connectivity index (χ1) is 7.74. The first-order valence-corrected chi connectivity index (χ1v) is 6.02. The summed E-state index contributed by atoms with van der Waals surface area (Å²) in [6.45, 7) is 0.729. The number of hydrogen-bond donors (Lipinski definition) is 1. The van der Waals surface area contributed by atoms with Gasteiger partial charge in [-0.3, -0.25) is 0 Å². The number of rotatable bonds is 3. The summed E-state index contributed by atoms with van der Waals surface area (Å²) in [5, 5.41) is 3.71. The highest BCUT2D eigenvalue weighted by Crippen LogP contribution is 2.14. The standard InChI is InChI=1S/C12H10BrClN2/c13-10-4-1-3-9(7-10)8-15-12-6-2-5-11(14)16-12/h1-7H,8H2,(H,15,16). The van der Waals surface area contributed by atoms with Gasteiger partial charge in [-0.2, -0.15) is 0 Å². The fourth-order valence-corrected chi connectivity index (χ4v) is 1.96. The zero-order valence-corrected chi connectivity index (χ0v) is 10.8. The second-order valence-electron chi connectivity index (χ2n) is 3.33. The van der Waals surface area contributed by atoms with E-state index in [4.69, 9.17) is 11.6 Å². The molecule has 0 atom stereocenters. The molecule has 82 valence electrons. The van der Waals surface area contributed by atoms with Crippen LogP contribution in [0.3, 0.4) is 0 Å². The van der Waals surface area contributed by atoms with Gasteiger partial charge in [0.15, 0.2) is 0 Å². The van der Waals surface area contributed by atoms with E-state index in [9.17, 15) is 0 Å². The van der Waals surface area contributed by atoms with E-state index in [2.05, 4.69) is 38.4 Å². The molecule has 2 nitrogen and oxygen atoms in total. The van der Waals surface area contributed by atoms with E-state index in [-0.39, 0.29) is 0 Å². The van der Waals surface area contributed by atoms with Gasteiger partial charge >= 0.3 is 0 Å². The molecule has 0 unspecified atom stereocenters. The average Bonchev–Trinajstić information content (AvgIpc) is 2.27. The highest BCUT2D eigenvalue weighted by Gasteiger charge is 1.96. The fraction of sp³-hybridized carbons (Fsp3) is 0.0833. The Kier molecular flexibility index (Phi) is 3.80. The topological polar surface area (TPSA) is 24.9 Å². The second kappa shape index (κ2) is 5.32. The van der Waals surface area contributed by atoms with Gasteiger partial charge in [0, 0.05) is 11.0 Å². The third-order valence-corrected chi connectivity index (χ3v) is 2.78. The van der Waals surface area contributed by atoms with Gasteiger partial charge in [-0.1, -0.05) is 45.7 Å². The van der Waals surface area contributed by atoms with Crippen molar-refractivity contribution >= 4 is 33.3 Å². The number of halogens is 2. The van der Waals surface area contributed by atoms with Crippen molar-refractivity contribution in [2.45, 2.75) is 6.54 Å². The second-order valence-corrected chi connectivity index (χ2v) is 4.63. The van der Waals surface area contributed by atoms with Crippen LogP contribution in [0.5, 0.6) is 0 Å². The summed E-state index contributed by atoms with van der Waals surface area (Å²) in [6.07, 6.45) is 0. The predicted molar refractivity (Wildman–Crippen MR) is 70.7 cm³/mol. The van der Waals surface area contributed by atoms with Crippen LogP contribution in [-0.4, -0.2) is 4.98 Å². The van der Waals surface area contributed by atoms with Crippen LogP contribution in [-0.2, 0) is 6.54 Å². The zero-order chi connectivity index (χ0) is 11.4. The molecule has 2 rings (SSSR count). The molecular formula is C12H10BrClN2. The normalized spacial score (nSPS) is 10.1. The van der Waals surface area contributed by atoms with Crippen LogP contribution in [0, 0.1) is 0 Å². The lowest BCUT2D eigenvalue weighted by atomic mass is 10.2. The van der Waals surface area contributed by atoms with Crippen LogP contribution >= 0.6 is 27.5 Å². The van der Waals surface area contributed by atoms with Crippen molar-refractivity contribution < 1.29 is 0 Å². The van der Waals surface area contributed by atoms with Gasteiger partial charge in [-0.05, 0) is 29.8 Å². The molecule has 0 saturated heterocycles. The molecule has 0 aliphatic rings. The zero-order valence-electron chi connectivity index (χ0n) is 8.45. The summed E-state index contributed by atoms with van der Waals surface area (Å²) >= 11 is 9.23. The Morgan fingerprint density at radius 3 is 2.75 bits per heavy atom. The van der Waals surface area contributed by atoms with Crippen molar-refractivity contribution in [3.8, 4) is 0 Å². The van der Waals surface area contributed by atoms with Crippen LogP contribution in [0.4, 0.5) is 5.82 Å². The molecule has 0 aliphatic carbocycles. The lowest BCUT2D eigenvalue weighted by Crippen LogP contribution is -2.00. The molecule has 0 aliphatic heterocycles. The Hall–Kier alpha value is -1.06. The van der Waals surface area contributed by atoms with Crippen LogP contribution in [0.2, 0.25) is 5.15 Å². The van der Waals surface area contributed by atoms with E-state index in [0.717, 1.165) is 16.8 Å². The molecule has 4 heteroatoms. The molecule has 0 bridgehead atoms. The van der Waals surface area contributed by atoms with Crippen molar-refractivity contribution in [2.24, 2.45) is 0 Å². The van der Waals surface area contributed by atoms with Gasteiger partial charge in [0.25, 0.3) is 0 Å². The minimum absolute atomic E-state index is 0.499. The van der Waals surface area contributed by atoms with Crippen molar-refractivity contribution in [1.29, 1.82) is 0 Å². The minimum Gasteiger partial charge on any atom is -0.366 e. The Balaban J connectivity index is 2.02. The molecule has 0 radical (unpaired) electrons. The molecular weight excluding hydrogens is 288 g/mol. The molecule has 0 amide bonds. The van der Waals surface area contributed by atoms with E-state index < -0.39 is 0 Å². The molecule has 1 heterocycles. The number of aromatic nitrogens is 1. The van der Waals surface area contributed by atoms with E-state index in [1.165, 1.54) is 5.56 Å². The fourth-order valence-electron chi connectivity index (χ4n) is 1.35. The maximum atomic E-state index is 5.79. The number of anilines is 1. The van der Waals surface area contributed by atoms with Gasteiger partial charge in [-0.25, -0.2) is 4.98 Å². The Morgan fingerprint density at radius 1 is 1.19 bits per heavy atom. The molecule has 2 aromatic rings. The maximum absolute atomic E-state index is 5.79. The van der Waals surface area contributed by atoms with Gasteiger partial charge in [0.2, 0.25) is 0 Å². The van der Waals surface area contributed by atoms with Crippen LogP contribution < -0.4 is 5.32 Å². The molecule has 1 aromatic carbocycles. The summed E-state index contributed by atoms with van der Waals surface area (Å²) in [5.41, 5.74) is 1.19. The van der Waals surface area contributed by atoms with Gasteiger partial charge < -0.3 is 5.32 Å². The molecule has 0 saturated carbocycles. The number of nitrogens with one attached hydrogen (secondary N) is 1. The van der Waals surface area contributed by atoms with E-state index in [1.54, 1.807) is 6.07 Å². The van der Waals surface area contributed by atoms with Crippen molar-refractivity contribution in [3.05, 3.63) is 57.7 Å². The highest BCUT2D eigenvalue weighted by molar-refractivity contribution is 9.10.